The Kier molecular flexibility index (Phi) is 5.68. The van der Waals surface area contributed by atoms with Crippen molar-refractivity contribution in [3.05, 3.63) is 23.4 Å². The first-order chi connectivity index (χ1) is 5.76. The molecule has 0 rings (SSSR count). The molecule has 0 aliphatic rings. The van der Waals surface area contributed by atoms with Crippen LogP contribution >= 0.6 is 0 Å². The molecule has 2 nitrogen and oxygen atoms in total. The number of aliphatic hydroxyl groups excluding tert-OH is 1. The lowest BCUT2D eigenvalue weighted by Crippen LogP contribution is -1.82. The minimum absolute atomic E-state index is 0.133. The average molecular weight is 163 g/mol. The van der Waals surface area contributed by atoms with Gasteiger partial charge in [0.1, 0.15) is 6.61 Å². The molecule has 0 atom stereocenters. The molecule has 0 unspecified atom stereocenters. The van der Waals surface area contributed by atoms with Gasteiger partial charge in [-0.3, -0.25) is 4.99 Å². The van der Waals surface area contributed by atoms with Crippen molar-refractivity contribution in [3.63, 3.8) is 0 Å². The quantitative estimate of drug-likeness (QED) is 0.374. The molecule has 2 heteroatoms. The lowest BCUT2D eigenvalue weighted by molar-refractivity contribution is 0.350. The molecule has 0 fully saturated rings. The van der Waals surface area contributed by atoms with Crippen LogP contribution in [0.1, 0.15) is 13.8 Å². The van der Waals surface area contributed by atoms with Gasteiger partial charge in [-0.25, -0.2) is 0 Å². The largest absolute Gasteiger partial charge is 0.384 e. The van der Waals surface area contributed by atoms with Crippen molar-refractivity contribution in [2.45, 2.75) is 13.8 Å². The Balaban J connectivity index is 4.68. The number of nitrogens with zero attached hydrogens (tertiary/aromatic N) is 1. The maximum absolute atomic E-state index is 8.47. The third-order valence-electron chi connectivity index (χ3n) is 1.38. The Hall–Kier alpha value is -1.33. The predicted octanol–water partition coefficient (Wildman–Crippen LogP) is 1.53. The van der Waals surface area contributed by atoms with E-state index < -0.39 is 0 Å². The second kappa shape index (κ2) is 6.38. The molecule has 0 heterocycles. The highest BCUT2D eigenvalue weighted by Gasteiger charge is 1.92. The average Bonchev–Trinajstić information content (AvgIpc) is 2.11. The molecule has 0 aromatic rings. The number of hydrogen-bond acceptors (Lipinski definition) is 2. The minimum atomic E-state index is -0.133. The fraction of sp³-hybridized carbons (Fsp3) is 0.300. The van der Waals surface area contributed by atoms with Crippen LogP contribution in [0.15, 0.2) is 28.4 Å². The van der Waals surface area contributed by atoms with Crippen LogP contribution in [0.2, 0.25) is 0 Å². The summed E-state index contributed by atoms with van der Waals surface area (Å²) in [6.07, 6.45) is 3.51. The van der Waals surface area contributed by atoms with E-state index in [4.69, 9.17) is 5.11 Å². The summed E-state index contributed by atoms with van der Waals surface area (Å²) in [5.74, 6) is 5.34. The second-order valence-electron chi connectivity index (χ2n) is 2.16. The highest BCUT2D eigenvalue weighted by molar-refractivity contribution is 5.45. The van der Waals surface area contributed by atoms with Gasteiger partial charge in [-0.15, -0.1) is 0 Å². The SMILES string of the molecule is C=N/C=C(C#CCO)\C(C)=C/C. The van der Waals surface area contributed by atoms with E-state index in [-0.39, 0.29) is 6.61 Å². The van der Waals surface area contributed by atoms with Crippen molar-refractivity contribution in [1.29, 1.82) is 0 Å². The van der Waals surface area contributed by atoms with Gasteiger partial charge in [0.2, 0.25) is 0 Å². The van der Waals surface area contributed by atoms with Crippen molar-refractivity contribution in [2.75, 3.05) is 6.61 Å². The number of aliphatic hydroxyl groups is 1. The van der Waals surface area contributed by atoms with Crippen LogP contribution in [0.4, 0.5) is 0 Å². The highest BCUT2D eigenvalue weighted by Crippen LogP contribution is 2.07. The number of aliphatic imine (C=N–C) groups is 1. The van der Waals surface area contributed by atoms with E-state index in [1.807, 2.05) is 19.9 Å². The third kappa shape index (κ3) is 3.75. The van der Waals surface area contributed by atoms with E-state index in [9.17, 15) is 0 Å². The van der Waals surface area contributed by atoms with Gasteiger partial charge in [0.05, 0.1) is 0 Å². The van der Waals surface area contributed by atoms with Crippen LogP contribution in [0.25, 0.3) is 0 Å². The van der Waals surface area contributed by atoms with E-state index >= 15 is 0 Å². The van der Waals surface area contributed by atoms with Crippen LogP contribution in [0.5, 0.6) is 0 Å². The van der Waals surface area contributed by atoms with Gasteiger partial charge in [0.15, 0.2) is 0 Å². The van der Waals surface area contributed by atoms with Gasteiger partial charge in [0.25, 0.3) is 0 Å². The van der Waals surface area contributed by atoms with Crippen LogP contribution < -0.4 is 0 Å². The Morgan fingerprint density at radius 3 is 2.75 bits per heavy atom. The van der Waals surface area contributed by atoms with Gasteiger partial charge in [0, 0.05) is 11.8 Å². The van der Waals surface area contributed by atoms with Gasteiger partial charge >= 0.3 is 0 Å². The molecule has 0 amide bonds. The number of hydrogen-bond donors (Lipinski definition) is 1. The van der Waals surface area contributed by atoms with E-state index in [1.165, 1.54) is 0 Å². The summed E-state index contributed by atoms with van der Waals surface area (Å²) in [5.41, 5.74) is 1.82. The molecule has 64 valence electrons. The minimum Gasteiger partial charge on any atom is -0.384 e. The Labute approximate surface area is 73.3 Å². The molecular weight excluding hydrogens is 150 g/mol. The standard InChI is InChI=1S/C10H13NO/c1-4-9(2)10(8-11-3)6-5-7-12/h4,8,12H,3,7H2,1-2H3/b9-4-,10-8-. The summed E-state index contributed by atoms with van der Waals surface area (Å²) in [6, 6.07) is 0. The normalized spacial score (nSPS) is 11.9. The van der Waals surface area contributed by atoms with Crippen LogP contribution in [-0.4, -0.2) is 18.4 Å². The van der Waals surface area contributed by atoms with E-state index in [0.717, 1.165) is 11.1 Å². The lowest BCUT2D eigenvalue weighted by Gasteiger charge is -1.95. The smallest absolute Gasteiger partial charge is 0.104 e. The zero-order valence-electron chi connectivity index (χ0n) is 7.46. The maximum Gasteiger partial charge on any atom is 0.104 e. The Morgan fingerprint density at radius 2 is 2.33 bits per heavy atom. The first-order valence-corrected chi connectivity index (χ1v) is 3.65. The van der Waals surface area contributed by atoms with Crippen molar-refractivity contribution < 1.29 is 5.11 Å². The molecule has 0 aromatic carbocycles. The molecule has 0 saturated carbocycles. The number of rotatable bonds is 2. The topological polar surface area (TPSA) is 32.6 Å². The van der Waals surface area contributed by atoms with Gasteiger partial charge in [-0.05, 0) is 26.1 Å². The van der Waals surface area contributed by atoms with Crippen LogP contribution in [-0.2, 0) is 0 Å². The van der Waals surface area contributed by atoms with E-state index in [2.05, 4.69) is 23.6 Å². The predicted molar refractivity (Wildman–Crippen MR) is 51.9 cm³/mol. The first-order valence-electron chi connectivity index (χ1n) is 3.65. The fourth-order valence-electron chi connectivity index (χ4n) is 0.614. The second-order valence-corrected chi connectivity index (χ2v) is 2.16. The van der Waals surface area contributed by atoms with Crippen molar-refractivity contribution in [2.24, 2.45) is 4.99 Å². The third-order valence-corrected chi connectivity index (χ3v) is 1.38. The van der Waals surface area contributed by atoms with Gasteiger partial charge in [-0.1, -0.05) is 17.9 Å². The number of allylic oxidation sites excluding steroid dienone is 3. The Morgan fingerprint density at radius 1 is 1.67 bits per heavy atom. The molecule has 12 heavy (non-hydrogen) atoms. The zero-order chi connectivity index (χ0) is 9.40. The van der Waals surface area contributed by atoms with Crippen molar-refractivity contribution in [1.82, 2.24) is 0 Å². The summed E-state index contributed by atoms with van der Waals surface area (Å²) in [6.45, 7) is 7.07. The first kappa shape index (κ1) is 10.7. The molecule has 0 radical (unpaired) electrons. The van der Waals surface area contributed by atoms with E-state index in [1.54, 1.807) is 6.20 Å². The monoisotopic (exact) mass is 163 g/mol. The summed E-state index contributed by atoms with van der Waals surface area (Å²) in [7, 11) is 0. The summed E-state index contributed by atoms with van der Waals surface area (Å²) >= 11 is 0. The van der Waals surface area contributed by atoms with E-state index in [0.29, 0.717) is 0 Å². The molecule has 0 aliphatic heterocycles. The summed E-state index contributed by atoms with van der Waals surface area (Å²) in [4.78, 5) is 3.62. The molecule has 0 aliphatic carbocycles. The molecule has 0 spiro atoms. The van der Waals surface area contributed by atoms with Gasteiger partial charge < -0.3 is 5.11 Å². The molecule has 1 N–H and O–H groups in total. The van der Waals surface area contributed by atoms with Crippen LogP contribution in [0, 0.1) is 11.8 Å². The zero-order valence-corrected chi connectivity index (χ0v) is 7.46. The summed E-state index contributed by atoms with van der Waals surface area (Å²) in [5, 5.41) is 8.47. The Bertz CT molecular complexity index is 263. The molecular formula is C10H13NO. The molecule has 0 bridgehead atoms. The van der Waals surface area contributed by atoms with Crippen LogP contribution in [0.3, 0.4) is 0 Å². The molecule has 0 saturated heterocycles. The highest BCUT2D eigenvalue weighted by atomic mass is 16.2. The lowest BCUT2D eigenvalue weighted by atomic mass is 10.1. The maximum atomic E-state index is 8.47. The summed E-state index contributed by atoms with van der Waals surface area (Å²) < 4.78 is 0. The van der Waals surface area contributed by atoms with Crippen molar-refractivity contribution >= 4 is 6.72 Å². The fourth-order valence-corrected chi connectivity index (χ4v) is 0.614. The van der Waals surface area contributed by atoms with Gasteiger partial charge in [-0.2, -0.15) is 0 Å². The van der Waals surface area contributed by atoms with Crippen molar-refractivity contribution in [3.8, 4) is 11.8 Å². The molecule has 0 aromatic heterocycles.